The zero-order valence-electron chi connectivity index (χ0n) is 11.3. The number of rotatable bonds is 6. The van der Waals surface area contributed by atoms with E-state index in [2.05, 4.69) is 4.90 Å². The number of likely N-dealkylation sites (tertiary alicyclic amines) is 1. The van der Waals surface area contributed by atoms with E-state index in [1.54, 1.807) is 7.11 Å². The Hall–Kier alpha value is -1.75. The van der Waals surface area contributed by atoms with Crippen LogP contribution in [-0.4, -0.2) is 49.3 Å². The van der Waals surface area contributed by atoms with Crippen molar-refractivity contribution >= 4 is 5.97 Å². The van der Waals surface area contributed by atoms with Gasteiger partial charge in [-0.05, 0) is 31.2 Å². The molecule has 0 amide bonds. The van der Waals surface area contributed by atoms with E-state index in [0.717, 1.165) is 18.7 Å². The number of ether oxygens (including phenoxy) is 2. The lowest BCUT2D eigenvalue weighted by molar-refractivity contribution is -0.136. The van der Waals surface area contributed by atoms with Crippen molar-refractivity contribution < 1.29 is 19.4 Å². The van der Waals surface area contributed by atoms with Crippen LogP contribution in [0, 0.1) is 0 Å². The fourth-order valence-corrected chi connectivity index (χ4v) is 2.12. The molecule has 0 unspecified atom stereocenters. The van der Waals surface area contributed by atoms with Crippen LogP contribution in [0.4, 0.5) is 0 Å². The molecule has 0 aromatic heterocycles. The number of hydrogen-bond acceptors (Lipinski definition) is 4. The molecule has 1 saturated heterocycles. The lowest BCUT2D eigenvalue weighted by Crippen LogP contribution is -2.51. The van der Waals surface area contributed by atoms with E-state index < -0.39 is 5.97 Å². The van der Waals surface area contributed by atoms with Gasteiger partial charge in [0.05, 0.1) is 7.11 Å². The number of aliphatic carboxylic acids is 1. The topological polar surface area (TPSA) is 59.0 Å². The third-order valence-electron chi connectivity index (χ3n) is 3.18. The summed E-state index contributed by atoms with van der Waals surface area (Å²) in [5.41, 5.74) is 0.950. The Bertz CT molecular complexity index is 455. The quantitative estimate of drug-likeness (QED) is 0.842. The van der Waals surface area contributed by atoms with Gasteiger partial charge in [0, 0.05) is 19.5 Å². The Balaban J connectivity index is 2.05. The minimum absolute atomic E-state index is 0.123. The Labute approximate surface area is 112 Å². The lowest BCUT2D eigenvalue weighted by Gasteiger charge is -2.36. The molecule has 1 aliphatic heterocycles. The van der Waals surface area contributed by atoms with Crippen molar-refractivity contribution in [3.8, 4) is 11.5 Å². The van der Waals surface area contributed by atoms with Crippen LogP contribution in [0.5, 0.6) is 11.5 Å². The summed E-state index contributed by atoms with van der Waals surface area (Å²) in [6.45, 7) is 1.81. The molecule has 1 aliphatic rings. The van der Waals surface area contributed by atoms with Gasteiger partial charge in [-0.1, -0.05) is 6.07 Å². The van der Waals surface area contributed by atoms with Gasteiger partial charge in [-0.2, -0.15) is 0 Å². The fourth-order valence-electron chi connectivity index (χ4n) is 2.12. The predicted octanol–water partition coefficient (Wildman–Crippen LogP) is 1.41. The minimum atomic E-state index is -0.793. The monoisotopic (exact) mass is 265 g/mol. The van der Waals surface area contributed by atoms with E-state index in [4.69, 9.17) is 14.6 Å². The van der Waals surface area contributed by atoms with Crippen LogP contribution < -0.4 is 9.47 Å². The number of carboxylic acid groups (broad SMARTS) is 1. The summed E-state index contributed by atoms with van der Waals surface area (Å²) in [6.07, 6.45) is 0.812. The summed E-state index contributed by atoms with van der Waals surface area (Å²) in [5, 5.41) is 8.71. The molecule has 19 heavy (non-hydrogen) atoms. The molecule has 1 aromatic carbocycles. The molecule has 0 spiro atoms. The van der Waals surface area contributed by atoms with Gasteiger partial charge >= 0.3 is 5.97 Å². The number of benzene rings is 1. The summed E-state index contributed by atoms with van der Waals surface area (Å²) in [6, 6.07) is 5.58. The highest BCUT2D eigenvalue weighted by Crippen LogP contribution is 2.30. The molecule has 0 bridgehead atoms. The number of methoxy groups -OCH3 is 1. The molecule has 5 nitrogen and oxygen atoms in total. The number of hydrogen-bond donors (Lipinski definition) is 1. The molecule has 0 aliphatic carbocycles. The molecule has 2 rings (SSSR count). The number of aryl methyl sites for hydroxylation is 1. The van der Waals surface area contributed by atoms with Gasteiger partial charge in [-0.15, -0.1) is 0 Å². The molecule has 1 fully saturated rings. The van der Waals surface area contributed by atoms with Crippen LogP contribution in [0.2, 0.25) is 0 Å². The van der Waals surface area contributed by atoms with Gasteiger partial charge in [0.25, 0.3) is 0 Å². The van der Waals surface area contributed by atoms with Gasteiger partial charge < -0.3 is 14.6 Å². The molecule has 104 valence electrons. The summed E-state index contributed by atoms with van der Waals surface area (Å²) < 4.78 is 11.1. The Morgan fingerprint density at radius 2 is 2.16 bits per heavy atom. The maximum atomic E-state index is 10.6. The Morgan fingerprint density at radius 1 is 1.42 bits per heavy atom. The second-order valence-corrected chi connectivity index (χ2v) is 4.84. The van der Waals surface area contributed by atoms with Crippen LogP contribution in [0.25, 0.3) is 0 Å². The predicted molar refractivity (Wildman–Crippen MR) is 70.9 cm³/mol. The van der Waals surface area contributed by atoms with E-state index in [9.17, 15) is 4.79 Å². The first kappa shape index (κ1) is 13.7. The maximum Gasteiger partial charge on any atom is 0.303 e. The van der Waals surface area contributed by atoms with Gasteiger partial charge in [-0.3, -0.25) is 9.69 Å². The lowest BCUT2D eigenvalue weighted by atomic mass is 10.1. The van der Waals surface area contributed by atoms with Crippen LogP contribution in [0.1, 0.15) is 12.0 Å². The standard InChI is InChI=1S/C14H19NO4/c1-15-8-11(9-15)19-13-7-10(4-6-14(16)17)3-5-12(13)18-2/h3,5,7,11H,4,6,8-9H2,1-2H3,(H,16,17). The number of carboxylic acids is 1. The zero-order chi connectivity index (χ0) is 13.8. The molecule has 0 saturated carbocycles. The van der Waals surface area contributed by atoms with E-state index in [1.807, 2.05) is 25.2 Å². The van der Waals surface area contributed by atoms with E-state index in [-0.39, 0.29) is 12.5 Å². The number of nitrogens with zero attached hydrogens (tertiary/aromatic N) is 1. The van der Waals surface area contributed by atoms with Crippen LogP contribution in [0.3, 0.4) is 0 Å². The number of carbonyl (C=O) groups is 1. The van der Waals surface area contributed by atoms with Gasteiger partial charge in [0.2, 0.25) is 0 Å². The largest absolute Gasteiger partial charge is 0.493 e. The van der Waals surface area contributed by atoms with Crippen molar-refractivity contribution in [3.63, 3.8) is 0 Å². The van der Waals surface area contributed by atoms with E-state index in [0.29, 0.717) is 17.9 Å². The third kappa shape index (κ3) is 3.61. The molecule has 0 atom stereocenters. The highest BCUT2D eigenvalue weighted by Gasteiger charge is 2.25. The first-order valence-electron chi connectivity index (χ1n) is 6.32. The van der Waals surface area contributed by atoms with Crippen LogP contribution in [0.15, 0.2) is 18.2 Å². The van der Waals surface area contributed by atoms with Crippen molar-refractivity contribution in [3.05, 3.63) is 23.8 Å². The average Bonchev–Trinajstić information content (AvgIpc) is 2.34. The molecular weight excluding hydrogens is 246 g/mol. The van der Waals surface area contributed by atoms with Crippen molar-refractivity contribution in [2.75, 3.05) is 27.2 Å². The molecule has 1 heterocycles. The molecule has 0 radical (unpaired) electrons. The summed E-state index contributed by atoms with van der Waals surface area (Å²) in [4.78, 5) is 12.8. The van der Waals surface area contributed by atoms with E-state index in [1.165, 1.54) is 0 Å². The second-order valence-electron chi connectivity index (χ2n) is 4.84. The Kier molecular flexibility index (Phi) is 4.27. The SMILES string of the molecule is COc1ccc(CCC(=O)O)cc1OC1CN(C)C1. The highest BCUT2D eigenvalue weighted by atomic mass is 16.5. The van der Waals surface area contributed by atoms with Crippen molar-refractivity contribution in [2.24, 2.45) is 0 Å². The normalized spacial score (nSPS) is 15.9. The van der Waals surface area contributed by atoms with E-state index >= 15 is 0 Å². The Morgan fingerprint density at radius 3 is 2.74 bits per heavy atom. The van der Waals surface area contributed by atoms with Gasteiger partial charge in [0.1, 0.15) is 6.10 Å². The van der Waals surface area contributed by atoms with Crippen LogP contribution >= 0.6 is 0 Å². The smallest absolute Gasteiger partial charge is 0.303 e. The fraction of sp³-hybridized carbons (Fsp3) is 0.500. The third-order valence-corrected chi connectivity index (χ3v) is 3.18. The van der Waals surface area contributed by atoms with Gasteiger partial charge in [0.15, 0.2) is 11.5 Å². The molecule has 1 aromatic rings. The highest BCUT2D eigenvalue weighted by molar-refractivity contribution is 5.67. The maximum absolute atomic E-state index is 10.6. The van der Waals surface area contributed by atoms with Crippen molar-refractivity contribution in [1.29, 1.82) is 0 Å². The molecular formula is C14H19NO4. The zero-order valence-corrected chi connectivity index (χ0v) is 11.3. The summed E-state index contributed by atoms with van der Waals surface area (Å²) >= 11 is 0. The van der Waals surface area contributed by atoms with Crippen LogP contribution in [-0.2, 0) is 11.2 Å². The molecule has 1 N–H and O–H groups in total. The number of likely N-dealkylation sites (N-methyl/N-ethyl adjacent to an activating group) is 1. The summed E-state index contributed by atoms with van der Waals surface area (Å²) in [7, 11) is 3.65. The second kappa shape index (κ2) is 5.93. The average molecular weight is 265 g/mol. The van der Waals surface area contributed by atoms with Crippen molar-refractivity contribution in [2.45, 2.75) is 18.9 Å². The van der Waals surface area contributed by atoms with Gasteiger partial charge in [-0.25, -0.2) is 0 Å². The first-order valence-corrected chi connectivity index (χ1v) is 6.32. The first-order chi connectivity index (χ1) is 9.08. The molecule has 5 heteroatoms. The summed E-state index contributed by atoms with van der Waals surface area (Å²) in [5.74, 6) is 0.594. The minimum Gasteiger partial charge on any atom is -0.493 e. The van der Waals surface area contributed by atoms with Crippen molar-refractivity contribution in [1.82, 2.24) is 4.90 Å².